The topological polar surface area (TPSA) is 67.3 Å². The van der Waals surface area contributed by atoms with Gasteiger partial charge in [0.2, 0.25) is 0 Å². The largest absolute Gasteiger partial charge is 0.472 e. The van der Waals surface area contributed by atoms with E-state index >= 15 is 0 Å². The maximum atomic E-state index is 10.3. The van der Waals surface area contributed by atoms with Crippen molar-refractivity contribution in [1.82, 2.24) is 9.97 Å². The second-order valence-electron chi connectivity index (χ2n) is 5.47. The highest BCUT2D eigenvalue weighted by Crippen LogP contribution is 2.35. The monoisotopic (exact) mass is 285 g/mol. The molecule has 0 bridgehead atoms. The lowest BCUT2D eigenvalue weighted by atomic mass is 10.1. The summed E-state index contributed by atoms with van der Waals surface area (Å²) in [5, 5.41) is 13.6. The number of aliphatic hydroxyl groups is 1. The molecular weight excluding hydrogens is 266 g/mol. The molecule has 0 amide bonds. The number of ether oxygens (including phenoxy) is 1. The highest BCUT2D eigenvalue weighted by atomic mass is 16.5. The first-order chi connectivity index (χ1) is 10.1. The zero-order valence-corrected chi connectivity index (χ0v) is 12.2. The van der Waals surface area contributed by atoms with E-state index in [-0.39, 0.29) is 12.1 Å². The van der Waals surface area contributed by atoms with Crippen molar-refractivity contribution in [3.63, 3.8) is 0 Å². The Labute approximate surface area is 124 Å². The summed E-state index contributed by atoms with van der Waals surface area (Å²) in [6, 6.07) is 7.86. The summed E-state index contributed by atoms with van der Waals surface area (Å²) in [4.78, 5) is 8.51. The van der Waals surface area contributed by atoms with Crippen LogP contribution in [-0.2, 0) is 6.42 Å². The van der Waals surface area contributed by atoms with Crippen LogP contribution in [-0.4, -0.2) is 27.3 Å². The molecule has 0 radical (unpaired) electrons. The fraction of sp³-hybridized carbons (Fsp3) is 0.375. The molecule has 0 spiro atoms. The van der Waals surface area contributed by atoms with Gasteiger partial charge in [-0.2, -0.15) is 0 Å². The van der Waals surface area contributed by atoms with E-state index in [1.165, 1.54) is 0 Å². The van der Waals surface area contributed by atoms with Crippen LogP contribution >= 0.6 is 0 Å². The molecule has 2 unspecified atom stereocenters. The van der Waals surface area contributed by atoms with Gasteiger partial charge >= 0.3 is 0 Å². The summed E-state index contributed by atoms with van der Waals surface area (Å²) in [6.45, 7) is 3.89. The van der Waals surface area contributed by atoms with Crippen LogP contribution in [0.5, 0.6) is 5.88 Å². The molecular formula is C16H19N3O2. The normalized spacial score (nSPS) is 20.4. The average Bonchev–Trinajstić information content (AvgIpc) is 2.77. The number of nitrogens with zero attached hydrogens (tertiary/aromatic N) is 2. The number of aromatic nitrogens is 2. The Balaban J connectivity index is 1.87. The fourth-order valence-corrected chi connectivity index (χ4v) is 2.63. The summed E-state index contributed by atoms with van der Waals surface area (Å²) in [6.07, 6.45) is 3.40. The molecule has 0 aliphatic heterocycles. The van der Waals surface area contributed by atoms with Crippen molar-refractivity contribution < 1.29 is 9.84 Å². The molecule has 1 aliphatic carbocycles. The van der Waals surface area contributed by atoms with Crippen molar-refractivity contribution in [2.45, 2.75) is 38.5 Å². The van der Waals surface area contributed by atoms with Crippen molar-refractivity contribution in [1.29, 1.82) is 0 Å². The minimum atomic E-state index is -0.476. The molecule has 1 aromatic carbocycles. The van der Waals surface area contributed by atoms with Gasteiger partial charge in [-0.3, -0.25) is 0 Å². The third kappa shape index (κ3) is 2.83. The smallest absolute Gasteiger partial charge is 0.257 e. The van der Waals surface area contributed by atoms with Crippen LogP contribution in [0, 0.1) is 0 Å². The number of nitrogens with one attached hydrogen (secondary N) is 1. The lowest BCUT2D eigenvalue weighted by Crippen LogP contribution is -2.22. The predicted octanol–water partition coefficient (Wildman–Crippen LogP) is 2.33. The standard InChI is InChI=1S/C16H19N3O2/c1-10(2)21-16-15(17-7-8-18-16)19-14-12-6-4-3-5-11(12)9-13(14)20/h3-8,10,13-14,20H,9H2,1-2H3,(H,17,19). The van der Waals surface area contributed by atoms with E-state index < -0.39 is 6.10 Å². The lowest BCUT2D eigenvalue weighted by Gasteiger charge is -2.20. The molecule has 5 heteroatoms. The zero-order chi connectivity index (χ0) is 14.8. The van der Waals surface area contributed by atoms with Gasteiger partial charge in [-0.25, -0.2) is 9.97 Å². The van der Waals surface area contributed by atoms with Crippen molar-refractivity contribution in [2.75, 3.05) is 5.32 Å². The number of aliphatic hydroxyl groups excluding tert-OH is 1. The van der Waals surface area contributed by atoms with E-state index in [4.69, 9.17) is 4.74 Å². The van der Waals surface area contributed by atoms with Gasteiger partial charge in [-0.15, -0.1) is 0 Å². The summed E-state index contributed by atoms with van der Waals surface area (Å²) in [5.41, 5.74) is 2.27. The fourth-order valence-electron chi connectivity index (χ4n) is 2.63. The minimum absolute atomic E-state index is 0.0167. The Hall–Kier alpha value is -2.14. The van der Waals surface area contributed by atoms with Crippen LogP contribution < -0.4 is 10.1 Å². The lowest BCUT2D eigenvalue weighted by molar-refractivity contribution is 0.165. The minimum Gasteiger partial charge on any atom is -0.472 e. The first-order valence-electron chi connectivity index (χ1n) is 7.15. The Morgan fingerprint density at radius 2 is 2.00 bits per heavy atom. The van der Waals surface area contributed by atoms with Crippen LogP contribution in [0.4, 0.5) is 5.82 Å². The van der Waals surface area contributed by atoms with Gasteiger partial charge in [0.1, 0.15) is 0 Å². The van der Waals surface area contributed by atoms with Gasteiger partial charge in [0.05, 0.1) is 18.2 Å². The highest BCUT2D eigenvalue weighted by molar-refractivity contribution is 5.50. The number of fused-ring (bicyclic) bond motifs is 1. The van der Waals surface area contributed by atoms with Crippen LogP contribution in [0.1, 0.15) is 31.0 Å². The Kier molecular flexibility index (Phi) is 3.75. The molecule has 2 aromatic rings. The molecule has 5 nitrogen and oxygen atoms in total. The third-order valence-electron chi connectivity index (χ3n) is 3.51. The summed E-state index contributed by atoms with van der Waals surface area (Å²) in [5.74, 6) is 1.02. The molecule has 2 atom stereocenters. The quantitative estimate of drug-likeness (QED) is 0.902. The van der Waals surface area contributed by atoms with E-state index in [0.29, 0.717) is 18.1 Å². The van der Waals surface area contributed by atoms with Crippen LogP contribution in [0.25, 0.3) is 0 Å². The van der Waals surface area contributed by atoms with Crippen LogP contribution in [0.3, 0.4) is 0 Å². The second kappa shape index (κ2) is 5.69. The third-order valence-corrected chi connectivity index (χ3v) is 3.51. The molecule has 2 N–H and O–H groups in total. The van der Waals surface area contributed by atoms with Crippen molar-refractivity contribution in [2.24, 2.45) is 0 Å². The Bertz CT molecular complexity index is 630. The van der Waals surface area contributed by atoms with Gasteiger partial charge in [0, 0.05) is 18.8 Å². The predicted molar refractivity (Wildman–Crippen MR) is 80.3 cm³/mol. The zero-order valence-electron chi connectivity index (χ0n) is 12.2. The van der Waals surface area contributed by atoms with Crippen molar-refractivity contribution >= 4 is 5.82 Å². The molecule has 110 valence electrons. The maximum Gasteiger partial charge on any atom is 0.257 e. The Morgan fingerprint density at radius 3 is 2.81 bits per heavy atom. The number of benzene rings is 1. The molecule has 21 heavy (non-hydrogen) atoms. The van der Waals surface area contributed by atoms with Gasteiger partial charge in [-0.05, 0) is 25.0 Å². The molecule has 0 fully saturated rings. The SMILES string of the molecule is CC(C)Oc1nccnc1NC1c2ccccc2CC1O. The highest BCUT2D eigenvalue weighted by Gasteiger charge is 2.31. The average molecular weight is 285 g/mol. The molecule has 1 heterocycles. The summed E-state index contributed by atoms with van der Waals surface area (Å²) < 4.78 is 5.66. The summed E-state index contributed by atoms with van der Waals surface area (Å²) in [7, 11) is 0. The molecule has 3 rings (SSSR count). The second-order valence-corrected chi connectivity index (χ2v) is 5.47. The number of anilines is 1. The Morgan fingerprint density at radius 1 is 1.24 bits per heavy atom. The van der Waals surface area contributed by atoms with Gasteiger partial charge < -0.3 is 15.2 Å². The molecule has 1 aromatic heterocycles. The van der Waals surface area contributed by atoms with Gasteiger partial charge in [-0.1, -0.05) is 24.3 Å². The molecule has 1 aliphatic rings. The van der Waals surface area contributed by atoms with Crippen molar-refractivity contribution in [3.8, 4) is 5.88 Å². The van der Waals surface area contributed by atoms with Crippen molar-refractivity contribution in [3.05, 3.63) is 47.8 Å². The first-order valence-corrected chi connectivity index (χ1v) is 7.15. The van der Waals surface area contributed by atoms with E-state index in [9.17, 15) is 5.11 Å². The number of rotatable bonds is 4. The van der Waals surface area contributed by atoms with Gasteiger partial charge in [0.15, 0.2) is 5.82 Å². The first kappa shape index (κ1) is 13.8. The van der Waals surface area contributed by atoms with Crippen LogP contribution in [0.2, 0.25) is 0 Å². The number of hydrogen-bond acceptors (Lipinski definition) is 5. The van der Waals surface area contributed by atoms with E-state index in [2.05, 4.69) is 15.3 Å². The maximum absolute atomic E-state index is 10.3. The summed E-state index contributed by atoms with van der Waals surface area (Å²) >= 11 is 0. The molecule has 0 saturated heterocycles. The van der Waals surface area contributed by atoms with Gasteiger partial charge in [0.25, 0.3) is 5.88 Å². The van der Waals surface area contributed by atoms with E-state index in [1.54, 1.807) is 12.4 Å². The van der Waals surface area contributed by atoms with Crippen LogP contribution in [0.15, 0.2) is 36.7 Å². The van der Waals surface area contributed by atoms with E-state index in [0.717, 1.165) is 11.1 Å². The van der Waals surface area contributed by atoms with E-state index in [1.807, 2.05) is 38.1 Å². The number of hydrogen-bond donors (Lipinski definition) is 2. The molecule has 0 saturated carbocycles.